The molecule has 1 aliphatic heterocycles. The van der Waals surface area contributed by atoms with Gasteiger partial charge in [0.1, 0.15) is 22.6 Å². The number of thiophene rings is 1. The average molecular weight is 484 g/mol. The summed E-state index contributed by atoms with van der Waals surface area (Å²) < 4.78 is 18.7. The number of carbonyl (C=O) groups excluding carboxylic acids is 1. The van der Waals surface area contributed by atoms with Gasteiger partial charge in [-0.2, -0.15) is 5.26 Å². The summed E-state index contributed by atoms with van der Waals surface area (Å²) in [7, 11) is 1.56. The topological polar surface area (TPSA) is 65.4 Å². The first-order valence-corrected chi connectivity index (χ1v) is 11.7. The van der Waals surface area contributed by atoms with E-state index in [0.29, 0.717) is 29.4 Å². The molecule has 1 N–H and O–H groups in total. The fourth-order valence-electron chi connectivity index (χ4n) is 4.02. The molecule has 4 rings (SSSR count). The Kier molecular flexibility index (Phi) is 7.29. The summed E-state index contributed by atoms with van der Waals surface area (Å²) in [6, 6.07) is 14.1. The first-order chi connectivity index (χ1) is 15.9. The molecule has 1 aliphatic rings. The van der Waals surface area contributed by atoms with Gasteiger partial charge in [-0.25, -0.2) is 4.39 Å². The highest BCUT2D eigenvalue weighted by atomic mass is 35.5. The highest BCUT2D eigenvalue weighted by molar-refractivity contribution is 7.16. The number of rotatable bonds is 8. The number of nitrogens with one attached hydrogen (secondary N) is 1. The van der Waals surface area contributed by atoms with Gasteiger partial charge in [-0.1, -0.05) is 23.7 Å². The molecule has 0 saturated carbocycles. The lowest BCUT2D eigenvalue weighted by Gasteiger charge is -2.27. The van der Waals surface area contributed by atoms with E-state index < -0.39 is 0 Å². The van der Waals surface area contributed by atoms with E-state index in [4.69, 9.17) is 16.3 Å². The fraction of sp³-hybridized carbons (Fsp3) is 0.280. The predicted octanol–water partition coefficient (Wildman–Crippen LogP) is 5.20. The lowest BCUT2D eigenvalue weighted by molar-refractivity contribution is -0.116. The molecule has 1 aromatic heterocycles. The van der Waals surface area contributed by atoms with Crippen molar-refractivity contribution < 1.29 is 13.9 Å². The first-order valence-electron chi connectivity index (χ1n) is 10.6. The quantitative estimate of drug-likeness (QED) is 0.477. The van der Waals surface area contributed by atoms with Gasteiger partial charge in [0.2, 0.25) is 0 Å². The zero-order valence-corrected chi connectivity index (χ0v) is 19.7. The summed E-state index contributed by atoms with van der Waals surface area (Å²) in [5.41, 5.74) is 3.29. The van der Waals surface area contributed by atoms with Crippen molar-refractivity contribution in [3.05, 3.63) is 80.4 Å². The molecule has 33 heavy (non-hydrogen) atoms. The normalized spacial score (nSPS) is 13.3. The molecule has 5 nitrogen and oxygen atoms in total. The molecule has 0 radical (unpaired) electrons. The van der Waals surface area contributed by atoms with Crippen molar-refractivity contribution in [2.24, 2.45) is 0 Å². The Balaban J connectivity index is 1.41. The van der Waals surface area contributed by atoms with Gasteiger partial charge < -0.3 is 10.1 Å². The largest absolute Gasteiger partial charge is 0.497 e. The third kappa shape index (κ3) is 5.72. The number of nitrogens with zero attached hydrogens (tertiary/aromatic N) is 2. The summed E-state index contributed by atoms with van der Waals surface area (Å²) in [5.74, 6) is 0.354. The Morgan fingerprint density at radius 3 is 2.91 bits per heavy atom. The summed E-state index contributed by atoms with van der Waals surface area (Å²) >= 11 is 7.63. The molecule has 0 aliphatic carbocycles. The van der Waals surface area contributed by atoms with Crippen LogP contribution in [-0.2, 0) is 30.7 Å². The SMILES string of the molecule is COc1cc(Cl)cc(CC(=O)CNc2sc3c(c2C#N)CN(Cc2cccc(F)c2)CC3)c1. The van der Waals surface area contributed by atoms with Crippen molar-refractivity contribution >= 4 is 33.7 Å². The van der Waals surface area contributed by atoms with Crippen LogP contribution in [0.1, 0.15) is 27.1 Å². The number of halogens is 2. The number of hydrogen-bond donors (Lipinski definition) is 1. The van der Waals surface area contributed by atoms with E-state index in [1.54, 1.807) is 48.8 Å². The van der Waals surface area contributed by atoms with Gasteiger partial charge in [0.15, 0.2) is 5.78 Å². The molecule has 0 unspecified atom stereocenters. The zero-order valence-electron chi connectivity index (χ0n) is 18.2. The number of methoxy groups -OCH3 is 1. The number of benzene rings is 2. The number of ketones is 1. The van der Waals surface area contributed by atoms with Crippen molar-refractivity contribution in [3.8, 4) is 11.8 Å². The van der Waals surface area contributed by atoms with E-state index in [1.807, 2.05) is 6.07 Å². The van der Waals surface area contributed by atoms with Crippen LogP contribution in [0.15, 0.2) is 42.5 Å². The number of fused-ring (bicyclic) bond motifs is 1. The molecule has 0 fully saturated rings. The molecular weight excluding hydrogens is 461 g/mol. The third-order valence-electron chi connectivity index (χ3n) is 5.55. The minimum Gasteiger partial charge on any atom is -0.497 e. The van der Waals surface area contributed by atoms with Crippen molar-refractivity contribution in [1.29, 1.82) is 5.26 Å². The summed E-state index contributed by atoms with van der Waals surface area (Å²) in [6.07, 6.45) is 1.04. The Morgan fingerprint density at radius 2 is 2.15 bits per heavy atom. The number of ether oxygens (including phenoxy) is 1. The second-order valence-corrected chi connectivity index (χ2v) is 9.52. The molecule has 2 aromatic carbocycles. The summed E-state index contributed by atoms with van der Waals surface area (Å²) in [6.45, 7) is 2.21. The monoisotopic (exact) mass is 483 g/mol. The maximum absolute atomic E-state index is 13.5. The smallest absolute Gasteiger partial charge is 0.156 e. The minimum absolute atomic E-state index is 0.0117. The Morgan fingerprint density at radius 1 is 1.30 bits per heavy atom. The van der Waals surface area contributed by atoms with Crippen molar-refractivity contribution in [2.75, 3.05) is 25.5 Å². The lowest BCUT2D eigenvalue weighted by Crippen LogP contribution is -2.29. The Bertz CT molecular complexity index is 1220. The number of nitriles is 1. The van der Waals surface area contributed by atoms with Gasteiger partial charge in [-0.05, 0) is 47.9 Å². The van der Waals surface area contributed by atoms with Crippen LogP contribution < -0.4 is 10.1 Å². The molecule has 0 bridgehead atoms. The molecule has 0 atom stereocenters. The van der Waals surface area contributed by atoms with Crippen molar-refractivity contribution in [2.45, 2.75) is 25.9 Å². The predicted molar refractivity (Wildman–Crippen MR) is 128 cm³/mol. The molecule has 0 spiro atoms. The summed E-state index contributed by atoms with van der Waals surface area (Å²) in [4.78, 5) is 15.9. The van der Waals surface area contributed by atoms with Crippen LogP contribution >= 0.6 is 22.9 Å². The molecule has 0 amide bonds. The van der Waals surface area contributed by atoms with E-state index >= 15 is 0 Å². The Hall–Kier alpha value is -2.92. The van der Waals surface area contributed by atoms with E-state index in [0.717, 1.165) is 39.5 Å². The van der Waals surface area contributed by atoms with Gasteiger partial charge in [-0.15, -0.1) is 11.3 Å². The molecule has 8 heteroatoms. The number of hydrogen-bond acceptors (Lipinski definition) is 6. The van der Waals surface area contributed by atoms with E-state index in [-0.39, 0.29) is 24.6 Å². The van der Waals surface area contributed by atoms with Crippen LogP contribution in [0.5, 0.6) is 5.75 Å². The second-order valence-electron chi connectivity index (χ2n) is 7.98. The molecule has 0 saturated heterocycles. The van der Waals surface area contributed by atoms with Crippen LogP contribution in [-0.4, -0.2) is 30.9 Å². The highest BCUT2D eigenvalue weighted by Crippen LogP contribution is 2.37. The number of anilines is 1. The standard InChI is InChI=1S/C25H23ClFN3O2S/c1-32-21-10-17(7-18(26)11-21)9-20(31)13-29-25-22(12-28)23-15-30(6-5-24(23)33-25)14-16-3-2-4-19(27)8-16/h2-4,7-8,10-11,29H,5-6,9,13-15H2,1H3. The fourth-order valence-corrected chi connectivity index (χ4v) is 5.42. The average Bonchev–Trinajstić information content (AvgIpc) is 3.14. The van der Waals surface area contributed by atoms with E-state index in [2.05, 4.69) is 16.3 Å². The van der Waals surface area contributed by atoms with Gasteiger partial charge in [0.25, 0.3) is 0 Å². The molecular formula is C25H23ClFN3O2S. The second kappa shape index (κ2) is 10.3. The molecule has 3 aromatic rings. The van der Waals surface area contributed by atoms with Gasteiger partial charge in [0.05, 0.1) is 19.2 Å². The van der Waals surface area contributed by atoms with E-state index in [9.17, 15) is 14.4 Å². The van der Waals surface area contributed by atoms with Gasteiger partial charge >= 0.3 is 0 Å². The van der Waals surface area contributed by atoms with Crippen LogP contribution in [0.2, 0.25) is 5.02 Å². The maximum Gasteiger partial charge on any atom is 0.156 e. The molecule has 170 valence electrons. The van der Waals surface area contributed by atoms with Crippen LogP contribution in [0, 0.1) is 17.1 Å². The zero-order chi connectivity index (χ0) is 23.4. The molecule has 2 heterocycles. The van der Waals surface area contributed by atoms with Gasteiger partial charge in [0, 0.05) is 41.5 Å². The summed E-state index contributed by atoms with van der Waals surface area (Å²) in [5, 5.41) is 14.2. The minimum atomic E-state index is -0.245. The third-order valence-corrected chi connectivity index (χ3v) is 7.02. The van der Waals surface area contributed by atoms with Crippen molar-refractivity contribution in [3.63, 3.8) is 0 Å². The van der Waals surface area contributed by atoms with Crippen LogP contribution in [0.3, 0.4) is 0 Å². The number of carbonyl (C=O) groups is 1. The lowest BCUT2D eigenvalue weighted by atomic mass is 10.0. The maximum atomic E-state index is 13.5. The number of Topliss-reactive ketones (excluding diaryl/α,β-unsaturated/α-hetero) is 1. The first kappa shape index (κ1) is 23.2. The van der Waals surface area contributed by atoms with Gasteiger partial charge in [-0.3, -0.25) is 9.69 Å². The highest BCUT2D eigenvalue weighted by Gasteiger charge is 2.25. The van der Waals surface area contributed by atoms with Crippen LogP contribution in [0.25, 0.3) is 0 Å². The van der Waals surface area contributed by atoms with Crippen molar-refractivity contribution in [1.82, 2.24) is 4.90 Å². The van der Waals surface area contributed by atoms with Crippen LogP contribution in [0.4, 0.5) is 9.39 Å². The van der Waals surface area contributed by atoms with E-state index in [1.165, 1.54) is 6.07 Å². The Labute approximate surface area is 201 Å².